The number of benzene rings is 2. The maximum absolute atomic E-state index is 13.5. The third kappa shape index (κ3) is 3.95. The van der Waals surface area contributed by atoms with Gasteiger partial charge in [0, 0.05) is 6.54 Å². The summed E-state index contributed by atoms with van der Waals surface area (Å²) < 4.78 is 10.4. The fourth-order valence-corrected chi connectivity index (χ4v) is 5.35. The minimum atomic E-state index is -0.116. The van der Waals surface area contributed by atoms with Gasteiger partial charge in [0.05, 0.1) is 12.8 Å². The van der Waals surface area contributed by atoms with Gasteiger partial charge >= 0.3 is 0 Å². The number of methoxy groups -OCH3 is 1. The molecular formula is C22H21N3O2S3. The van der Waals surface area contributed by atoms with Crippen LogP contribution in [0.4, 0.5) is 0 Å². The lowest BCUT2D eigenvalue weighted by atomic mass is 10.1. The third-order valence-corrected chi connectivity index (χ3v) is 6.97. The van der Waals surface area contributed by atoms with Crippen LogP contribution in [-0.4, -0.2) is 27.0 Å². The number of para-hydroxylation sites is 2. The third-order valence-electron chi connectivity index (χ3n) is 4.73. The minimum Gasteiger partial charge on any atom is -0.495 e. The molecule has 0 aliphatic heterocycles. The van der Waals surface area contributed by atoms with Gasteiger partial charge in [-0.3, -0.25) is 9.36 Å². The normalized spacial score (nSPS) is 11.1. The average Bonchev–Trinajstić information content (AvgIpc) is 3.09. The van der Waals surface area contributed by atoms with E-state index in [0.717, 1.165) is 12.2 Å². The predicted octanol–water partition coefficient (Wildman–Crippen LogP) is 5.34. The van der Waals surface area contributed by atoms with Crippen molar-refractivity contribution in [1.82, 2.24) is 14.1 Å². The lowest BCUT2D eigenvalue weighted by molar-refractivity contribution is 0.411. The van der Waals surface area contributed by atoms with Gasteiger partial charge in [0.2, 0.25) is 0 Å². The molecule has 4 rings (SSSR count). The van der Waals surface area contributed by atoms with Crippen molar-refractivity contribution in [2.45, 2.75) is 25.0 Å². The summed E-state index contributed by atoms with van der Waals surface area (Å²) in [6.07, 6.45) is 0.828. The van der Waals surface area contributed by atoms with E-state index in [1.54, 1.807) is 11.7 Å². The summed E-state index contributed by atoms with van der Waals surface area (Å²) in [7, 11) is 1.60. The molecule has 2 aromatic carbocycles. The maximum Gasteiger partial charge on any atom is 0.278 e. The highest BCUT2D eigenvalue weighted by molar-refractivity contribution is 7.99. The first-order valence-electron chi connectivity index (χ1n) is 9.60. The lowest BCUT2D eigenvalue weighted by Crippen LogP contribution is -2.22. The Morgan fingerprint density at radius 3 is 2.60 bits per heavy atom. The van der Waals surface area contributed by atoms with Gasteiger partial charge in [-0.1, -0.05) is 72.5 Å². The average molecular weight is 456 g/mol. The highest BCUT2D eigenvalue weighted by Gasteiger charge is 2.19. The molecule has 0 aliphatic carbocycles. The number of fused-ring (bicyclic) bond motifs is 1. The van der Waals surface area contributed by atoms with Crippen LogP contribution in [-0.2, 0) is 13.0 Å². The van der Waals surface area contributed by atoms with Crippen molar-refractivity contribution in [2.75, 3.05) is 12.9 Å². The predicted molar refractivity (Wildman–Crippen MR) is 127 cm³/mol. The molecule has 4 aromatic rings. The molecule has 0 unspecified atom stereocenters. The molecule has 0 bridgehead atoms. The fourth-order valence-electron chi connectivity index (χ4n) is 3.31. The number of thiazole rings is 1. The van der Waals surface area contributed by atoms with Crippen LogP contribution in [0.15, 0.2) is 64.5 Å². The molecule has 30 heavy (non-hydrogen) atoms. The van der Waals surface area contributed by atoms with Crippen molar-refractivity contribution < 1.29 is 4.74 Å². The van der Waals surface area contributed by atoms with Crippen molar-refractivity contribution in [3.05, 3.63) is 74.5 Å². The van der Waals surface area contributed by atoms with E-state index in [-0.39, 0.29) is 5.56 Å². The Morgan fingerprint density at radius 1 is 1.13 bits per heavy atom. The molecule has 0 spiro atoms. The molecule has 0 radical (unpaired) electrons. The fraction of sp³-hybridized carbons (Fsp3) is 0.227. The zero-order chi connectivity index (χ0) is 21.1. The van der Waals surface area contributed by atoms with Gasteiger partial charge in [0.1, 0.15) is 10.4 Å². The molecule has 0 fully saturated rings. The molecule has 5 nitrogen and oxygen atoms in total. The molecular weight excluding hydrogens is 434 g/mol. The van der Waals surface area contributed by atoms with Crippen LogP contribution >= 0.6 is 35.3 Å². The molecule has 0 amide bonds. The Labute approximate surface area is 188 Å². The second-order valence-corrected chi connectivity index (χ2v) is 9.42. The van der Waals surface area contributed by atoms with Crippen molar-refractivity contribution >= 4 is 45.7 Å². The maximum atomic E-state index is 13.5. The lowest BCUT2D eigenvalue weighted by Gasteiger charge is -2.15. The Hall–Kier alpha value is -2.42. The van der Waals surface area contributed by atoms with Crippen molar-refractivity contribution in [3.8, 4) is 11.4 Å². The number of aromatic nitrogens is 3. The van der Waals surface area contributed by atoms with Crippen LogP contribution in [0.3, 0.4) is 0 Å². The summed E-state index contributed by atoms with van der Waals surface area (Å²) in [5.41, 5.74) is 2.46. The van der Waals surface area contributed by atoms with E-state index in [1.807, 2.05) is 54.0 Å². The summed E-state index contributed by atoms with van der Waals surface area (Å²) in [5.74, 6) is 1.42. The molecule has 154 valence electrons. The number of ether oxygens (including phenoxy) is 1. The minimum absolute atomic E-state index is 0.116. The van der Waals surface area contributed by atoms with E-state index in [0.29, 0.717) is 37.4 Å². The molecule has 2 aromatic heterocycles. The zero-order valence-corrected chi connectivity index (χ0v) is 19.1. The van der Waals surface area contributed by atoms with Crippen LogP contribution in [0.2, 0.25) is 0 Å². The summed E-state index contributed by atoms with van der Waals surface area (Å²) in [6, 6.07) is 17.7. The zero-order valence-electron chi connectivity index (χ0n) is 16.7. The van der Waals surface area contributed by atoms with Gasteiger partial charge in [-0.05, 0) is 42.1 Å². The molecule has 0 N–H and O–H groups in total. The Balaban J connectivity index is 1.88. The van der Waals surface area contributed by atoms with Crippen LogP contribution in [0.1, 0.15) is 12.5 Å². The highest BCUT2D eigenvalue weighted by Crippen LogP contribution is 2.28. The number of hydrogen-bond donors (Lipinski definition) is 0. The molecule has 2 heterocycles. The monoisotopic (exact) mass is 455 g/mol. The standard InChI is InChI=1S/C22H21N3O2S3/c1-3-29-21-23-19-18(20(26)25(21)16-11-7-8-12-17(16)27-2)30-22(28)24(19)14-13-15-9-5-4-6-10-15/h4-12H,3,13-14H2,1-2H3. The van der Waals surface area contributed by atoms with E-state index in [2.05, 4.69) is 12.1 Å². The van der Waals surface area contributed by atoms with E-state index < -0.39 is 0 Å². The smallest absolute Gasteiger partial charge is 0.278 e. The summed E-state index contributed by atoms with van der Waals surface area (Å²) >= 11 is 8.46. The summed E-state index contributed by atoms with van der Waals surface area (Å²) in [6.45, 7) is 2.73. The topological polar surface area (TPSA) is 49.0 Å². The number of rotatable bonds is 7. The Bertz CT molecular complexity index is 1290. The molecule has 8 heteroatoms. The van der Waals surface area contributed by atoms with Gasteiger partial charge in [-0.15, -0.1) is 0 Å². The van der Waals surface area contributed by atoms with E-state index in [1.165, 1.54) is 28.7 Å². The highest BCUT2D eigenvalue weighted by atomic mass is 32.2. The Morgan fingerprint density at radius 2 is 1.87 bits per heavy atom. The van der Waals surface area contributed by atoms with E-state index in [9.17, 15) is 4.79 Å². The van der Waals surface area contributed by atoms with Crippen molar-refractivity contribution in [3.63, 3.8) is 0 Å². The molecule has 0 saturated heterocycles. The SMILES string of the molecule is CCSc1nc2c(sc(=S)n2CCc2ccccc2)c(=O)n1-c1ccccc1OC. The molecule has 0 atom stereocenters. The number of hydrogen-bond acceptors (Lipinski definition) is 6. The first-order valence-corrected chi connectivity index (χ1v) is 11.8. The number of thioether (sulfide) groups is 1. The van der Waals surface area contributed by atoms with Gasteiger partial charge in [0.25, 0.3) is 5.56 Å². The number of aryl methyl sites for hydroxylation is 2. The Kier molecular flexibility index (Phi) is 6.36. The van der Waals surface area contributed by atoms with Gasteiger partial charge in [0.15, 0.2) is 14.8 Å². The quantitative estimate of drug-likeness (QED) is 0.214. The second-order valence-electron chi connectivity index (χ2n) is 6.55. The summed E-state index contributed by atoms with van der Waals surface area (Å²) in [4.78, 5) is 18.4. The molecule has 0 saturated carbocycles. The molecule has 0 aliphatic rings. The van der Waals surface area contributed by atoms with Crippen LogP contribution in [0, 0.1) is 3.95 Å². The van der Waals surface area contributed by atoms with Gasteiger partial charge < -0.3 is 9.30 Å². The second kappa shape index (κ2) is 9.16. The van der Waals surface area contributed by atoms with Crippen LogP contribution < -0.4 is 10.3 Å². The van der Waals surface area contributed by atoms with E-state index >= 15 is 0 Å². The number of nitrogens with zero attached hydrogens (tertiary/aromatic N) is 3. The van der Waals surface area contributed by atoms with E-state index in [4.69, 9.17) is 21.9 Å². The van der Waals surface area contributed by atoms with Gasteiger partial charge in [-0.25, -0.2) is 4.98 Å². The van der Waals surface area contributed by atoms with Crippen molar-refractivity contribution in [2.24, 2.45) is 0 Å². The van der Waals surface area contributed by atoms with Gasteiger partial charge in [-0.2, -0.15) is 0 Å². The van der Waals surface area contributed by atoms with Crippen molar-refractivity contribution in [1.29, 1.82) is 0 Å². The van der Waals surface area contributed by atoms with Crippen LogP contribution in [0.25, 0.3) is 16.0 Å². The summed E-state index contributed by atoms with van der Waals surface area (Å²) in [5, 5.41) is 0.640. The first-order chi connectivity index (χ1) is 14.6. The first kappa shape index (κ1) is 20.8. The van der Waals surface area contributed by atoms with Crippen LogP contribution in [0.5, 0.6) is 5.75 Å². The largest absolute Gasteiger partial charge is 0.495 e.